The molecular formula is C24H24N6O2S2. The molecule has 4 heterocycles. The van der Waals surface area contributed by atoms with Crippen molar-refractivity contribution in [1.29, 1.82) is 0 Å². The van der Waals surface area contributed by atoms with Gasteiger partial charge in [-0.1, -0.05) is 41.2 Å². The number of amides is 1. The van der Waals surface area contributed by atoms with E-state index in [4.69, 9.17) is 4.52 Å². The van der Waals surface area contributed by atoms with E-state index < -0.39 is 0 Å². The highest BCUT2D eigenvalue weighted by molar-refractivity contribution is 7.99. The first-order valence-electron chi connectivity index (χ1n) is 11.1. The van der Waals surface area contributed by atoms with Crippen molar-refractivity contribution in [3.8, 4) is 22.0 Å². The molecule has 0 aliphatic carbocycles. The maximum Gasteiger partial charge on any atom is 0.257 e. The third kappa shape index (κ3) is 5.69. The molecule has 34 heavy (non-hydrogen) atoms. The summed E-state index contributed by atoms with van der Waals surface area (Å²) in [5.74, 6) is 1.64. The Morgan fingerprint density at radius 3 is 2.79 bits per heavy atom. The molecule has 0 unspecified atom stereocenters. The Bertz CT molecular complexity index is 1220. The van der Waals surface area contributed by atoms with Crippen LogP contribution in [-0.4, -0.2) is 67.7 Å². The standard InChI is InChI=1S/C24H24N6O2S2/c31-22(17-34-24-25-10-9-19(26-24)20-8-4-15-33-20)30-12-5-11-29(13-14-30)16-21-27-23(32-28-21)18-6-2-1-3-7-18/h1-4,6-10,15H,5,11-14,16-17H2. The summed E-state index contributed by atoms with van der Waals surface area (Å²) in [4.78, 5) is 31.6. The van der Waals surface area contributed by atoms with Gasteiger partial charge in [-0.2, -0.15) is 4.98 Å². The number of thiophene rings is 1. The summed E-state index contributed by atoms with van der Waals surface area (Å²) in [6.45, 7) is 3.69. The average molecular weight is 493 g/mol. The van der Waals surface area contributed by atoms with Crippen molar-refractivity contribution in [1.82, 2.24) is 29.9 Å². The quantitative estimate of drug-likeness (QED) is 0.282. The molecule has 0 radical (unpaired) electrons. The van der Waals surface area contributed by atoms with Gasteiger partial charge in [0.05, 0.1) is 22.9 Å². The fraction of sp³-hybridized carbons (Fsp3) is 0.292. The Balaban J connectivity index is 1.12. The summed E-state index contributed by atoms with van der Waals surface area (Å²) in [5, 5.41) is 6.79. The van der Waals surface area contributed by atoms with Crippen LogP contribution in [0.25, 0.3) is 22.0 Å². The van der Waals surface area contributed by atoms with Crippen molar-refractivity contribution in [2.24, 2.45) is 0 Å². The third-order valence-electron chi connectivity index (χ3n) is 5.53. The Kier molecular flexibility index (Phi) is 7.28. The SMILES string of the molecule is O=C(CSc1nccc(-c2cccs2)n1)N1CCCN(Cc2noc(-c3ccccc3)n2)CC1. The number of aromatic nitrogens is 4. The van der Waals surface area contributed by atoms with Crippen LogP contribution in [0.5, 0.6) is 0 Å². The average Bonchev–Trinajstić information content (AvgIpc) is 3.53. The number of hydrogen-bond donors (Lipinski definition) is 0. The summed E-state index contributed by atoms with van der Waals surface area (Å²) >= 11 is 3.03. The van der Waals surface area contributed by atoms with Crippen LogP contribution in [-0.2, 0) is 11.3 Å². The Morgan fingerprint density at radius 2 is 1.94 bits per heavy atom. The number of carbonyl (C=O) groups is 1. The van der Waals surface area contributed by atoms with Crippen LogP contribution in [0.1, 0.15) is 12.2 Å². The van der Waals surface area contributed by atoms with Crippen LogP contribution in [0.15, 0.2) is 69.8 Å². The van der Waals surface area contributed by atoms with Gasteiger partial charge in [-0.3, -0.25) is 9.69 Å². The van der Waals surface area contributed by atoms with Gasteiger partial charge in [0.25, 0.3) is 5.89 Å². The molecule has 5 rings (SSSR count). The van der Waals surface area contributed by atoms with E-state index in [9.17, 15) is 4.79 Å². The van der Waals surface area contributed by atoms with Crippen LogP contribution < -0.4 is 0 Å². The number of hydrogen-bond acceptors (Lipinski definition) is 9. The predicted octanol–water partition coefficient (Wildman–Crippen LogP) is 4.08. The van der Waals surface area contributed by atoms with E-state index in [1.807, 2.05) is 58.8 Å². The van der Waals surface area contributed by atoms with Crippen LogP contribution in [0, 0.1) is 0 Å². The van der Waals surface area contributed by atoms with Gasteiger partial charge in [-0.05, 0) is 36.1 Å². The molecule has 0 bridgehead atoms. The van der Waals surface area contributed by atoms with E-state index in [-0.39, 0.29) is 5.91 Å². The number of carbonyl (C=O) groups excluding carboxylic acids is 1. The molecule has 1 aliphatic heterocycles. The number of thioether (sulfide) groups is 1. The minimum atomic E-state index is 0.114. The van der Waals surface area contributed by atoms with Gasteiger partial charge in [0, 0.05) is 37.9 Å². The maximum atomic E-state index is 12.9. The molecule has 1 amide bonds. The van der Waals surface area contributed by atoms with E-state index in [0.29, 0.717) is 35.7 Å². The zero-order valence-corrected chi connectivity index (χ0v) is 20.2. The van der Waals surface area contributed by atoms with Crippen molar-refractivity contribution < 1.29 is 9.32 Å². The molecule has 1 aliphatic rings. The lowest BCUT2D eigenvalue weighted by Crippen LogP contribution is -2.36. The summed E-state index contributed by atoms with van der Waals surface area (Å²) in [7, 11) is 0. The van der Waals surface area contributed by atoms with Gasteiger partial charge in [0.15, 0.2) is 11.0 Å². The smallest absolute Gasteiger partial charge is 0.257 e. The molecule has 3 aromatic heterocycles. The van der Waals surface area contributed by atoms with Crippen molar-refractivity contribution in [3.63, 3.8) is 0 Å². The van der Waals surface area contributed by atoms with Gasteiger partial charge in [0.2, 0.25) is 5.91 Å². The van der Waals surface area contributed by atoms with E-state index in [1.165, 1.54) is 11.8 Å². The lowest BCUT2D eigenvalue weighted by molar-refractivity contribution is -0.128. The molecule has 8 nitrogen and oxygen atoms in total. The normalized spacial score (nSPS) is 14.8. The second-order valence-electron chi connectivity index (χ2n) is 7.88. The number of benzene rings is 1. The van der Waals surface area contributed by atoms with Crippen molar-refractivity contribution >= 4 is 29.0 Å². The first kappa shape index (κ1) is 22.7. The molecule has 1 aromatic carbocycles. The van der Waals surface area contributed by atoms with E-state index in [0.717, 1.165) is 42.2 Å². The third-order valence-corrected chi connectivity index (χ3v) is 7.27. The van der Waals surface area contributed by atoms with Crippen molar-refractivity contribution in [2.75, 3.05) is 31.9 Å². The highest BCUT2D eigenvalue weighted by Crippen LogP contribution is 2.24. The van der Waals surface area contributed by atoms with E-state index in [1.54, 1.807) is 17.5 Å². The molecular weight excluding hydrogens is 468 g/mol. The first-order valence-corrected chi connectivity index (χ1v) is 13.0. The maximum absolute atomic E-state index is 12.9. The molecule has 0 N–H and O–H groups in total. The number of nitrogens with zero attached hydrogens (tertiary/aromatic N) is 6. The molecule has 0 spiro atoms. The topological polar surface area (TPSA) is 88.3 Å². The Morgan fingerprint density at radius 1 is 1.03 bits per heavy atom. The zero-order chi connectivity index (χ0) is 23.2. The Labute approximate surface area is 206 Å². The van der Waals surface area contributed by atoms with Crippen LogP contribution in [0.3, 0.4) is 0 Å². The second-order valence-corrected chi connectivity index (χ2v) is 9.77. The molecule has 0 saturated carbocycles. The lowest BCUT2D eigenvalue weighted by Gasteiger charge is -2.21. The lowest BCUT2D eigenvalue weighted by atomic mass is 10.2. The van der Waals surface area contributed by atoms with Gasteiger partial charge in [-0.15, -0.1) is 11.3 Å². The van der Waals surface area contributed by atoms with Crippen LogP contribution in [0.2, 0.25) is 0 Å². The predicted molar refractivity (Wildman–Crippen MR) is 132 cm³/mol. The monoisotopic (exact) mass is 492 g/mol. The molecule has 174 valence electrons. The van der Waals surface area contributed by atoms with E-state index >= 15 is 0 Å². The minimum absolute atomic E-state index is 0.114. The van der Waals surface area contributed by atoms with Crippen molar-refractivity contribution in [2.45, 2.75) is 18.1 Å². The fourth-order valence-electron chi connectivity index (χ4n) is 3.78. The fourth-order valence-corrected chi connectivity index (χ4v) is 5.21. The molecule has 1 saturated heterocycles. The van der Waals surface area contributed by atoms with Gasteiger partial charge < -0.3 is 9.42 Å². The van der Waals surface area contributed by atoms with E-state index in [2.05, 4.69) is 25.0 Å². The minimum Gasteiger partial charge on any atom is -0.341 e. The van der Waals surface area contributed by atoms with Crippen LogP contribution >= 0.6 is 23.1 Å². The van der Waals surface area contributed by atoms with Crippen LogP contribution in [0.4, 0.5) is 0 Å². The highest BCUT2D eigenvalue weighted by atomic mass is 32.2. The first-order chi connectivity index (χ1) is 16.7. The second kappa shape index (κ2) is 10.9. The summed E-state index contributed by atoms with van der Waals surface area (Å²) in [5.41, 5.74) is 1.80. The highest BCUT2D eigenvalue weighted by Gasteiger charge is 2.21. The summed E-state index contributed by atoms with van der Waals surface area (Å²) in [6.07, 6.45) is 2.66. The zero-order valence-electron chi connectivity index (χ0n) is 18.5. The summed E-state index contributed by atoms with van der Waals surface area (Å²) in [6, 6.07) is 15.7. The summed E-state index contributed by atoms with van der Waals surface area (Å²) < 4.78 is 5.42. The van der Waals surface area contributed by atoms with Crippen molar-refractivity contribution in [3.05, 3.63) is 65.9 Å². The number of rotatable bonds is 7. The van der Waals surface area contributed by atoms with Gasteiger partial charge in [0.1, 0.15) is 0 Å². The largest absolute Gasteiger partial charge is 0.341 e. The van der Waals surface area contributed by atoms with Gasteiger partial charge in [-0.25, -0.2) is 9.97 Å². The Hall–Kier alpha value is -3.08. The molecule has 10 heteroatoms. The van der Waals surface area contributed by atoms with Gasteiger partial charge >= 0.3 is 0 Å². The molecule has 4 aromatic rings. The molecule has 0 atom stereocenters. The molecule has 1 fully saturated rings.